The fourth-order valence-electron chi connectivity index (χ4n) is 3.33. The van der Waals surface area contributed by atoms with Gasteiger partial charge in [0.15, 0.2) is 0 Å². The lowest BCUT2D eigenvalue weighted by Gasteiger charge is -2.32. The molecule has 20 heavy (non-hydrogen) atoms. The number of carbonyl (C=O) groups is 2. The Morgan fingerprint density at radius 2 is 1.75 bits per heavy atom. The lowest BCUT2D eigenvalue weighted by atomic mass is 9.85. The molecule has 3 aliphatic rings. The van der Waals surface area contributed by atoms with E-state index in [0.29, 0.717) is 25.4 Å². The van der Waals surface area contributed by atoms with Crippen LogP contribution < -0.4 is 0 Å². The van der Waals surface area contributed by atoms with Crippen LogP contribution in [0.2, 0.25) is 0 Å². The van der Waals surface area contributed by atoms with Crippen LogP contribution in [-0.2, 0) is 19.1 Å². The minimum Gasteiger partial charge on any atom is -0.481 e. The molecular formula is C14H20O6. The summed E-state index contributed by atoms with van der Waals surface area (Å²) < 4.78 is 10.8. The average molecular weight is 284 g/mol. The SMILES string of the molecule is O=C(O)C1CCC(O)C(OC(=O)C2CCC3OC3C2)C1. The number of aliphatic carboxylic acids is 1. The number of aliphatic hydroxyl groups is 1. The molecule has 0 amide bonds. The summed E-state index contributed by atoms with van der Waals surface area (Å²) in [4.78, 5) is 23.1. The first-order valence-electron chi connectivity index (χ1n) is 7.31. The molecule has 2 N–H and O–H groups in total. The number of hydrogen-bond acceptors (Lipinski definition) is 5. The standard InChI is InChI=1S/C14H20O6/c15-9-3-1-7(13(16)17)5-11(9)20-14(18)8-2-4-10-12(6-8)19-10/h7-12,15H,1-6H2,(H,16,17). The highest BCUT2D eigenvalue weighted by Crippen LogP contribution is 2.40. The van der Waals surface area contributed by atoms with Crippen molar-refractivity contribution in [2.45, 2.75) is 62.9 Å². The Morgan fingerprint density at radius 3 is 2.45 bits per heavy atom. The fraction of sp³-hybridized carbons (Fsp3) is 0.857. The molecule has 2 saturated carbocycles. The molecule has 6 unspecified atom stereocenters. The zero-order chi connectivity index (χ0) is 14.3. The van der Waals surface area contributed by atoms with E-state index in [0.717, 1.165) is 12.8 Å². The summed E-state index contributed by atoms with van der Waals surface area (Å²) in [5.41, 5.74) is 0. The van der Waals surface area contributed by atoms with Gasteiger partial charge in [0.05, 0.1) is 30.1 Å². The molecule has 1 heterocycles. The normalized spacial score (nSPS) is 43.5. The average Bonchev–Trinajstić information content (AvgIpc) is 3.19. The molecule has 2 aliphatic carbocycles. The van der Waals surface area contributed by atoms with E-state index >= 15 is 0 Å². The number of carbonyl (C=O) groups excluding carboxylic acids is 1. The van der Waals surface area contributed by atoms with Gasteiger partial charge in [-0.1, -0.05) is 0 Å². The molecule has 0 radical (unpaired) electrons. The summed E-state index contributed by atoms with van der Waals surface area (Å²) in [5.74, 6) is -1.89. The summed E-state index contributed by atoms with van der Waals surface area (Å²) in [6.07, 6.45) is 2.43. The van der Waals surface area contributed by atoms with Crippen LogP contribution in [0.1, 0.15) is 38.5 Å². The van der Waals surface area contributed by atoms with Gasteiger partial charge in [0.25, 0.3) is 0 Å². The summed E-state index contributed by atoms with van der Waals surface area (Å²) in [6, 6.07) is 0. The number of aliphatic hydroxyl groups excluding tert-OH is 1. The van der Waals surface area contributed by atoms with Crippen LogP contribution in [-0.4, -0.2) is 46.6 Å². The fourth-order valence-corrected chi connectivity index (χ4v) is 3.33. The van der Waals surface area contributed by atoms with Crippen LogP contribution in [0.3, 0.4) is 0 Å². The lowest BCUT2D eigenvalue weighted by molar-refractivity contribution is -0.168. The van der Waals surface area contributed by atoms with Crippen LogP contribution in [0.4, 0.5) is 0 Å². The van der Waals surface area contributed by atoms with Crippen LogP contribution in [0.25, 0.3) is 0 Å². The van der Waals surface area contributed by atoms with Crippen molar-refractivity contribution in [3.05, 3.63) is 0 Å². The van der Waals surface area contributed by atoms with Crippen molar-refractivity contribution in [1.29, 1.82) is 0 Å². The Morgan fingerprint density at radius 1 is 1.00 bits per heavy atom. The van der Waals surface area contributed by atoms with Gasteiger partial charge in [-0.15, -0.1) is 0 Å². The maximum atomic E-state index is 12.1. The molecular weight excluding hydrogens is 264 g/mol. The van der Waals surface area contributed by atoms with Gasteiger partial charge < -0.3 is 19.7 Å². The first-order chi connectivity index (χ1) is 9.54. The van der Waals surface area contributed by atoms with Gasteiger partial charge in [-0.25, -0.2) is 0 Å². The van der Waals surface area contributed by atoms with E-state index in [-0.39, 0.29) is 24.4 Å². The largest absolute Gasteiger partial charge is 0.481 e. The Labute approximate surface area is 117 Å². The molecule has 1 saturated heterocycles. The molecule has 0 aromatic rings. The molecule has 0 spiro atoms. The molecule has 6 heteroatoms. The van der Waals surface area contributed by atoms with Gasteiger partial charge in [-0.3, -0.25) is 9.59 Å². The highest BCUT2D eigenvalue weighted by atomic mass is 16.6. The van der Waals surface area contributed by atoms with Gasteiger partial charge >= 0.3 is 11.9 Å². The van der Waals surface area contributed by atoms with Crippen molar-refractivity contribution in [1.82, 2.24) is 0 Å². The number of carboxylic acid groups (broad SMARTS) is 1. The van der Waals surface area contributed by atoms with Gasteiger partial charge in [-0.05, 0) is 32.1 Å². The van der Waals surface area contributed by atoms with Crippen LogP contribution in [0, 0.1) is 11.8 Å². The second-order valence-corrected chi connectivity index (χ2v) is 6.11. The van der Waals surface area contributed by atoms with Gasteiger partial charge in [0.1, 0.15) is 6.10 Å². The van der Waals surface area contributed by atoms with Crippen molar-refractivity contribution in [3.63, 3.8) is 0 Å². The minimum absolute atomic E-state index is 0.170. The van der Waals surface area contributed by atoms with Gasteiger partial charge in [0, 0.05) is 6.42 Å². The van der Waals surface area contributed by atoms with E-state index < -0.39 is 24.1 Å². The molecule has 3 fully saturated rings. The van der Waals surface area contributed by atoms with E-state index in [1.165, 1.54) is 0 Å². The van der Waals surface area contributed by atoms with E-state index in [2.05, 4.69) is 0 Å². The van der Waals surface area contributed by atoms with E-state index in [9.17, 15) is 14.7 Å². The third-order valence-corrected chi connectivity index (χ3v) is 4.71. The van der Waals surface area contributed by atoms with E-state index in [4.69, 9.17) is 14.6 Å². The number of epoxide rings is 1. The Hall–Kier alpha value is -1.14. The number of carboxylic acids is 1. The van der Waals surface area contributed by atoms with E-state index in [1.54, 1.807) is 0 Å². The summed E-state index contributed by atoms with van der Waals surface area (Å²) in [6.45, 7) is 0. The predicted octanol–water partition coefficient (Wildman–Crippen LogP) is 0.711. The first-order valence-corrected chi connectivity index (χ1v) is 7.31. The Kier molecular flexibility index (Phi) is 3.69. The maximum absolute atomic E-state index is 12.1. The number of ether oxygens (including phenoxy) is 2. The quantitative estimate of drug-likeness (QED) is 0.585. The van der Waals surface area contributed by atoms with Crippen LogP contribution in [0.5, 0.6) is 0 Å². The highest BCUT2D eigenvalue weighted by molar-refractivity contribution is 5.73. The number of esters is 1. The molecule has 0 bridgehead atoms. The van der Waals surface area contributed by atoms with Crippen LogP contribution >= 0.6 is 0 Å². The summed E-state index contributed by atoms with van der Waals surface area (Å²) in [5, 5.41) is 18.9. The van der Waals surface area contributed by atoms with Gasteiger partial charge in [0.2, 0.25) is 0 Å². The lowest BCUT2D eigenvalue weighted by Crippen LogP contribution is -2.41. The Balaban J connectivity index is 1.54. The van der Waals surface area contributed by atoms with Gasteiger partial charge in [-0.2, -0.15) is 0 Å². The first kappa shape index (κ1) is 13.8. The topological polar surface area (TPSA) is 96.4 Å². The summed E-state index contributed by atoms with van der Waals surface area (Å²) >= 11 is 0. The van der Waals surface area contributed by atoms with Crippen molar-refractivity contribution in [3.8, 4) is 0 Å². The molecule has 6 nitrogen and oxygen atoms in total. The maximum Gasteiger partial charge on any atom is 0.309 e. The summed E-state index contributed by atoms with van der Waals surface area (Å²) in [7, 11) is 0. The smallest absolute Gasteiger partial charge is 0.309 e. The molecule has 0 aromatic heterocycles. The zero-order valence-corrected chi connectivity index (χ0v) is 11.2. The number of fused-ring (bicyclic) bond motifs is 1. The van der Waals surface area contributed by atoms with Crippen LogP contribution in [0.15, 0.2) is 0 Å². The Bertz CT molecular complexity index is 408. The van der Waals surface area contributed by atoms with Crippen molar-refractivity contribution in [2.75, 3.05) is 0 Å². The van der Waals surface area contributed by atoms with E-state index in [1.807, 2.05) is 0 Å². The number of rotatable bonds is 3. The van der Waals surface area contributed by atoms with Crippen molar-refractivity contribution in [2.24, 2.45) is 11.8 Å². The van der Waals surface area contributed by atoms with Crippen molar-refractivity contribution >= 4 is 11.9 Å². The highest BCUT2D eigenvalue weighted by Gasteiger charge is 2.47. The second-order valence-electron chi connectivity index (χ2n) is 6.11. The molecule has 6 atom stereocenters. The molecule has 0 aromatic carbocycles. The minimum atomic E-state index is -0.884. The van der Waals surface area contributed by atoms with Crippen molar-refractivity contribution < 1.29 is 29.3 Å². The monoisotopic (exact) mass is 284 g/mol. The third kappa shape index (κ3) is 2.81. The molecule has 3 rings (SSSR count). The second kappa shape index (κ2) is 5.33. The predicted molar refractivity (Wildman–Crippen MR) is 66.9 cm³/mol. The molecule has 112 valence electrons. The third-order valence-electron chi connectivity index (χ3n) is 4.71. The number of hydrogen-bond donors (Lipinski definition) is 2. The zero-order valence-electron chi connectivity index (χ0n) is 11.2. The molecule has 1 aliphatic heterocycles.